The maximum atomic E-state index is 12.5. The van der Waals surface area contributed by atoms with Crippen LogP contribution in [-0.4, -0.2) is 23.4 Å². The number of rotatable bonds is 6. The summed E-state index contributed by atoms with van der Waals surface area (Å²) >= 11 is 3.09. The molecule has 0 saturated heterocycles. The minimum atomic E-state index is -4.34. The molecule has 1 rings (SSSR count). The fourth-order valence-electron chi connectivity index (χ4n) is 1.60. The molecule has 0 aromatic heterocycles. The molecule has 2 nitrogen and oxygen atoms in total. The zero-order valence-corrected chi connectivity index (χ0v) is 13.2. The molecule has 0 unspecified atom stereocenters. The molecular formula is C13H14BrF3O2S. The van der Waals surface area contributed by atoms with Crippen LogP contribution in [0.5, 0.6) is 0 Å². The highest BCUT2D eigenvalue weighted by Gasteiger charge is 2.30. The van der Waals surface area contributed by atoms with Crippen LogP contribution >= 0.6 is 27.7 Å². The van der Waals surface area contributed by atoms with E-state index in [-0.39, 0.29) is 28.8 Å². The lowest BCUT2D eigenvalue weighted by molar-refractivity contribution is -0.0328. The molecule has 0 amide bonds. The predicted octanol–water partition coefficient (Wildman–Crippen LogP) is 4.80. The van der Waals surface area contributed by atoms with E-state index in [2.05, 4.69) is 15.9 Å². The van der Waals surface area contributed by atoms with E-state index < -0.39 is 11.5 Å². The van der Waals surface area contributed by atoms with Gasteiger partial charge in [-0.3, -0.25) is 0 Å². The molecule has 1 aromatic carbocycles. The molecule has 0 bridgehead atoms. The molecule has 0 aliphatic heterocycles. The highest BCUT2D eigenvalue weighted by Crippen LogP contribution is 2.39. The molecule has 0 fully saturated rings. The van der Waals surface area contributed by atoms with Gasteiger partial charge in [-0.1, -0.05) is 15.9 Å². The summed E-state index contributed by atoms with van der Waals surface area (Å²) in [4.78, 5) is 11.7. The zero-order valence-electron chi connectivity index (χ0n) is 10.8. The summed E-state index contributed by atoms with van der Waals surface area (Å²) in [5, 5.41) is 0.687. The van der Waals surface area contributed by atoms with E-state index >= 15 is 0 Å². The van der Waals surface area contributed by atoms with Crippen molar-refractivity contribution in [3.63, 3.8) is 0 Å². The Morgan fingerprint density at radius 2 is 2.10 bits per heavy atom. The summed E-state index contributed by atoms with van der Waals surface area (Å²) in [6.45, 7) is 1.91. The SMILES string of the molecule is CCOC(=O)c1ccc(SC(F)(F)F)c(CCCBr)c1. The predicted molar refractivity (Wildman–Crippen MR) is 76.4 cm³/mol. The highest BCUT2D eigenvalue weighted by molar-refractivity contribution is 9.09. The number of benzene rings is 1. The molecule has 20 heavy (non-hydrogen) atoms. The van der Waals surface area contributed by atoms with Gasteiger partial charge in [0.1, 0.15) is 0 Å². The van der Waals surface area contributed by atoms with Crippen LogP contribution in [0.4, 0.5) is 13.2 Å². The second kappa shape index (κ2) is 7.93. The lowest BCUT2D eigenvalue weighted by atomic mass is 10.1. The van der Waals surface area contributed by atoms with Crippen LogP contribution in [0.2, 0.25) is 0 Å². The number of carbonyl (C=O) groups excluding carboxylic acids is 1. The number of carbonyl (C=O) groups is 1. The number of hydrogen-bond donors (Lipinski definition) is 0. The smallest absolute Gasteiger partial charge is 0.446 e. The summed E-state index contributed by atoms with van der Waals surface area (Å²) in [5.41, 5.74) is -3.55. The Kier molecular flexibility index (Phi) is 6.88. The Morgan fingerprint density at radius 1 is 1.40 bits per heavy atom. The first kappa shape index (κ1) is 17.4. The second-order valence-electron chi connectivity index (χ2n) is 3.88. The van der Waals surface area contributed by atoms with Gasteiger partial charge in [0.05, 0.1) is 12.2 Å². The van der Waals surface area contributed by atoms with E-state index in [1.807, 2.05) is 0 Å². The number of alkyl halides is 4. The summed E-state index contributed by atoms with van der Waals surface area (Å²) < 4.78 is 42.3. The van der Waals surface area contributed by atoms with Crippen LogP contribution < -0.4 is 0 Å². The van der Waals surface area contributed by atoms with Crippen molar-refractivity contribution in [1.29, 1.82) is 0 Å². The maximum absolute atomic E-state index is 12.5. The van der Waals surface area contributed by atoms with Crippen LogP contribution in [0.3, 0.4) is 0 Å². The van der Waals surface area contributed by atoms with E-state index in [4.69, 9.17) is 4.74 Å². The first-order valence-corrected chi connectivity index (χ1v) is 7.93. The average Bonchev–Trinajstić information content (AvgIpc) is 2.36. The van der Waals surface area contributed by atoms with Crippen molar-refractivity contribution in [3.05, 3.63) is 29.3 Å². The van der Waals surface area contributed by atoms with Gasteiger partial charge in [-0.25, -0.2) is 4.79 Å². The van der Waals surface area contributed by atoms with Crippen molar-refractivity contribution in [1.82, 2.24) is 0 Å². The number of thioether (sulfide) groups is 1. The van der Waals surface area contributed by atoms with E-state index in [1.165, 1.54) is 18.2 Å². The van der Waals surface area contributed by atoms with Gasteiger partial charge in [0.25, 0.3) is 0 Å². The van der Waals surface area contributed by atoms with Gasteiger partial charge >= 0.3 is 11.5 Å². The average molecular weight is 371 g/mol. The van der Waals surface area contributed by atoms with Crippen LogP contribution in [0.1, 0.15) is 29.3 Å². The fraction of sp³-hybridized carbons (Fsp3) is 0.462. The molecule has 0 aliphatic carbocycles. The number of esters is 1. The van der Waals surface area contributed by atoms with Gasteiger partial charge < -0.3 is 4.74 Å². The lowest BCUT2D eigenvalue weighted by Gasteiger charge is -2.12. The standard InChI is InChI=1S/C13H14BrF3O2S/c1-2-19-12(18)10-5-6-11(20-13(15,16)17)9(8-10)4-3-7-14/h5-6,8H,2-4,7H2,1H3. The van der Waals surface area contributed by atoms with Crippen molar-refractivity contribution in [2.24, 2.45) is 0 Å². The molecular weight excluding hydrogens is 357 g/mol. The van der Waals surface area contributed by atoms with Gasteiger partial charge in [0.15, 0.2) is 0 Å². The normalized spacial score (nSPS) is 11.4. The second-order valence-corrected chi connectivity index (χ2v) is 5.78. The molecule has 1 aromatic rings. The third kappa shape index (κ3) is 5.75. The van der Waals surface area contributed by atoms with Crippen molar-refractivity contribution in [2.75, 3.05) is 11.9 Å². The molecule has 0 atom stereocenters. The quantitative estimate of drug-likeness (QED) is 0.408. The van der Waals surface area contributed by atoms with Gasteiger partial charge in [-0.15, -0.1) is 0 Å². The molecule has 0 radical (unpaired) electrons. The Labute approximate surface area is 128 Å². The number of aryl methyl sites for hydroxylation is 1. The first-order valence-electron chi connectivity index (χ1n) is 5.99. The third-order valence-electron chi connectivity index (χ3n) is 2.38. The Morgan fingerprint density at radius 3 is 2.65 bits per heavy atom. The summed E-state index contributed by atoms with van der Waals surface area (Å²) in [6.07, 6.45) is 1.16. The van der Waals surface area contributed by atoms with Crippen molar-refractivity contribution in [3.8, 4) is 0 Å². The Bertz CT molecular complexity index is 463. The Balaban J connectivity index is 3.02. The lowest BCUT2D eigenvalue weighted by Crippen LogP contribution is -2.07. The summed E-state index contributed by atoms with van der Waals surface area (Å²) in [7, 11) is 0. The summed E-state index contributed by atoms with van der Waals surface area (Å²) in [5.74, 6) is -0.517. The molecule has 0 heterocycles. The largest absolute Gasteiger partial charge is 0.462 e. The molecule has 0 N–H and O–H groups in total. The van der Waals surface area contributed by atoms with Crippen LogP contribution in [-0.2, 0) is 11.2 Å². The minimum Gasteiger partial charge on any atom is -0.462 e. The fourth-order valence-corrected chi connectivity index (χ4v) is 2.56. The molecule has 112 valence electrons. The molecule has 7 heteroatoms. The van der Waals surface area contributed by atoms with E-state index in [9.17, 15) is 18.0 Å². The first-order chi connectivity index (χ1) is 9.37. The van der Waals surface area contributed by atoms with E-state index in [0.29, 0.717) is 23.7 Å². The van der Waals surface area contributed by atoms with Crippen LogP contribution in [0.15, 0.2) is 23.1 Å². The Hall–Kier alpha value is -0.690. The van der Waals surface area contributed by atoms with Crippen molar-refractivity contribution >= 4 is 33.7 Å². The number of hydrogen-bond acceptors (Lipinski definition) is 3. The van der Waals surface area contributed by atoms with E-state index in [0.717, 1.165) is 0 Å². The van der Waals surface area contributed by atoms with Crippen LogP contribution in [0.25, 0.3) is 0 Å². The van der Waals surface area contributed by atoms with Crippen LogP contribution in [0, 0.1) is 0 Å². The number of halogens is 4. The highest BCUT2D eigenvalue weighted by atomic mass is 79.9. The summed E-state index contributed by atoms with van der Waals surface area (Å²) in [6, 6.07) is 4.17. The van der Waals surface area contributed by atoms with Gasteiger partial charge in [0.2, 0.25) is 0 Å². The maximum Gasteiger partial charge on any atom is 0.446 e. The third-order valence-corrected chi connectivity index (χ3v) is 3.79. The van der Waals surface area contributed by atoms with Crippen molar-refractivity contribution in [2.45, 2.75) is 30.2 Å². The van der Waals surface area contributed by atoms with E-state index in [1.54, 1.807) is 6.92 Å². The monoisotopic (exact) mass is 370 g/mol. The van der Waals surface area contributed by atoms with Gasteiger partial charge in [-0.2, -0.15) is 13.2 Å². The van der Waals surface area contributed by atoms with Gasteiger partial charge in [0, 0.05) is 10.2 Å². The van der Waals surface area contributed by atoms with Crippen molar-refractivity contribution < 1.29 is 22.7 Å². The minimum absolute atomic E-state index is 0.131. The number of ether oxygens (including phenoxy) is 1. The van der Waals surface area contributed by atoms with Gasteiger partial charge in [-0.05, 0) is 55.3 Å². The zero-order chi connectivity index (χ0) is 15.2. The molecule has 0 aliphatic rings. The molecule has 0 spiro atoms. The molecule has 0 saturated carbocycles. The topological polar surface area (TPSA) is 26.3 Å².